The molecule has 0 spiro atoms. The Morgan fingerprint density at radius 1 is 0.913 bits per heavy atom. The molecule has 0 radical (unpaired) electrons. The maximum atomic E-state index is 12.5. The van der Waals surface area contributed by atoms with Crippen molar-refractivity contribution in [3.63, 3.8) is 0 Å². The lowest BCUT2D eigenvalue weighted by molar-refractivity contribution is -0.105. The van der Waals surface area contributed by atoms with E-state index < -0.39 is 27.5 Å². The second-order valence-corrected chi connectivity index (χ2v) is 9.52. The van der Waals surface area contributed by atoms with Crippen molar-refractivity contribution in [3.05, 3.63) is 0 Å². The molecule has 0 aromatic heterocycles. The van der Waals surface area contributed by atoms with Crippen LogP contribution in [-0.2, 0) is 27.3 Å². The first-order chi connectivity index (χ1) is 10.7. The van der Waals surface area contributed by atoms with Crippen LogP contribution in [0.2, 0.25) is 0 Å². The summed E-state index contributed by atoms with van der Waals surface area (Å²) < 4.78 is 40.8. The molecule has 2 N–H and O–H groups in total. The van der Waals surface area contributed by atoms with E-state index in [9.17, 15) is 14.4 Å². The van der Waals surface area contributed by atoms with Crippen LogP contribution in [0.4, 0.5) is 0 Å². The van der Waals surface area contributed by atoms with Crippen LogP contribution >= 0.6 is 7.60 Å². The van der Waals surface area contributed by atoms with E-state index in [0.29, 0.717) is 0 Å². The predicted molar refractivity (Wildman–Crippen MR) is 88.1 cm³/mol. The van der Waals surface area contributed by atoms with Crippen molar-refractivity contribution in [1.29, 1.82) is 0 Å². The SMILES string of the molecule is CCOC(C)C(OCC)([Si](OCC)(OCC)OCC)P(=O)(O)O. The fraction of sp³-hybridized carbons (Fsp3) is 1.00. The molecule has 0 aliphatic heterocycles. The van der Waals surface area contributed by atoms with Crippen LogP contribution in [0.1, 0.15) is 41.5 Å². The van der Waals surface area contributed by atoms with Gasteiger partial charge in [-0.3, -0.25) is 4.57 Å². The predicted octanol–water partition coefficient (Wildman–Crippen LogP) is 1.91. The van der Waals surface area contributed by atoms with Gasteiger partial charge in [-0.15, -0.1) is 0 Å². The van der Waals surface area contributed by atoms with Gasteiger partial charge >= 0.3 is 16.4 Å². The highest BCUT2D eigenvalue weighted by Gasteiger charge is 2.75. The van der Waals surface area contributed by atoms with E-state index >= 15 is 0 Å². The van der Waals surface area contributed by atoms with Gasteiger partial charge in [-0.2, -0.15) is 0 Å². The summed E-state index contributed by atoms with van der Waals surface area (Å²) in [5.74, 6) is 0. The smallest absolute Gasteiger partial charge is 0.375 e. The number of rotatable bonds is 13. The van der Waals surface area contributed by atoms with Crippen molar-refractivity contribution >= 4 is 16.4 Å². The van der Waals surface area contributed by atoms with E-state index in [-0.39, 0.29) is 33.0 Å². The molecule has 8 nitrogen and oxygen atoms in total. The maximum Gasteiger partial charge on any atom is 0.550 e. The van der Waals surface area contributed by atoms with Gasteiger partial charge in [0.05, 0.1) is 0 Å². The van der Waals surface area contributed by atoms with Crippen LogP contribution in [0.3, 0.4) is 0 Å². The van der Waals surface area contributed by atoms with E-state index in [2.05, 4.69) is 0 Å². The van der Waals surface area contributed by atoms with Crippen molar-refractivity contribution in [2.24, 2.45) is 0 Å². The highest BCUT2D eigenvalue weighted by Crippen LogP contribution is 2.59. The maximum absolute atomic E-state index is 12.5. The molecule has 140 valence electrons. The summed E-state index contributed by atoms with van der Waals surface area (Å²) in [5.41, 5.74) is 0. The quantitative estimate of drug-likeness (QED) is 0.372. The largest absolute Gasteiger partial charge is 0.550 e. The molecular weight excluding hydrogens is 343 g/mol. The second kappa shape index (κ2) is 10.2. The highest BCUT2D eigenvalue weighted by molar-refractivity contribution is 7.56. The Labute approximate surface area is 139 Å². The third kappa shape index (κ3) is 4.84. The van der Waals surface area contributed by atoms with E-state index in [1.807, 2.05) is 0 Å². The Bertz CT molecular complexity index is 360. The van der Waals surface area contributed by atoms with Gasteiger partial charge in [0.15, 0.2) is 0 Å². The summed E-state index contributed by atoms with van der Waals surface area (Å²) in [4.78, 5) is 18.2. The second-order valence-electron chi connectivity index (χ2n) is 4.63. The minimum Gasteiger partial charge on any atom is -0.375 e. The molecule has 23 heavy (non-hydrogen) atoms. The average Bonchev–Trinajstić information content (AvgIpc) is 2.44. The molecule has 0 aromatic rings. The molecule has 2 unspecified atom stereocenters. The van der Waals surface area contributed by atoms with Gasteiger partial charge < -0.3 is 32.5 Å². The van der Waals surface area contributed by atoms with Gasteiger partial charge in [-0.1, -0.05) is 0 Å². The van der Waals surface area contributed by atoms with Crippen molar-refractivity contribution in [1.82, 2.24) is 0 Å². The molecule has 0 amide bonds. The molecular formula is C13H31O8PSi. The molecule has 0 heterocycles. The van der Waals surface area contributed by atoms with E-state index in [4.69, 9.17) is 22.8 Å². The fourth-order valence-electron chi connectivity index (χ4n) is 2.54. The number of hydrogen-bond acceptors (Lipinski definition) is 6. The zero-order valence-electron chi connectivity index (χ0n) is 14.9. The minimum absolute atomic E-state index is 0.0461. The molecule has 0 aliphatic carbocycles. The molecule has 2 atom stereocenters. The fourth-order valence-corrected chi connectivity index (χ4v) is 8.31. The van der Waals surface area contributed by atoms with Crippen LogP contribution in [0, 0.1) is 0 Å². The van der Waals surface area contributed by atoms with Gasteiger partial charge in [0.25, 0.3) is 4.97 Å². The molecule has 0 saturated heterocycles. The first-order valence-corrected chi connectivity index (χ1v) is 11.3. The Kier molecular flexibility index (Phi) is 10.3. The first kappa shape index (κ1) is 23.2. The van der Waals surface area contributed by atoms with Crippen LogP contribution in [0.5, 0.6) is 0 Å². The molecule has 0 bridgehead atoms. The van der Waals surface area contributed by atoms with Gasteiger partial charge in [-0.05, 0) is 41.5 Å². The Morgan fingerprint density at radius 2 is 1.35 bits per heavy atom. The van der Waals surface area contributed by atoms with Crippen LogP contribution in [0.15, 0.2) is 0 Å². The zero-order chi connectivity index (χ0) is 18.1. The van der Waals surface area contributed by atoms with Gasteiger partial charge in [0.2, 0.25) is 0 Å². The van der Waals surface area contributed by atoms with Crippen LogP contribution in [-0.4, -0.2) is 62.7 Å². The summed E-state index contributed by atoms with van der Waals surface area (Å²) in [6.45, 7) is 10.8. The van der Waals surface area contributed by atoms with Crippen LogP contribution < -0.4 is 0 Å². The number of hydrogen-bond donors (Lipinski definition) is 2. The van der Waals surface area contributed by atoms with E-state index in [0.717, 1.165) is 0 Å². The molecule has 0 rings (SSSR count). The molecule has 10 heteroatoms. The van der Waals surface area contributed by atoms with Crippen molar-refractivity contribution in [2.45, 2.75) is 52.6 Å². The highest BCUT2D eigenvalue weighted by atomic mass is 31.2. The monoisotopic (exact) mass is 374 g/mol. The molecule has 0 aliphatic rings. The minimum atomic E-state index is -4.88. The summed E-state index contributed by atoms with van der Waals surface area (Å²) in [6.07, 6.45) is -0.982. The Morgan fingerprint density at radius 3 is 1.61 bits per heavy atom. The van der Waals surface area contributed by atoms with Gasteiger partial charge in [0.1, 0.15) is 6.10 Å². The van der Waals surface area contributed by atoms with Gasteiger partial charge in [-0.25, -0.2) is 0 Å². The lowest BCUT2D eigenvalue weighted by Crippen LogP contribution is -2.71. The van der Waals surface area contributed by atoms with Crippen molar-refractivity contribution in [3.8, 4) is 0 Å². The standard InChI is InChI=1S/C13H31O8PSi/c1-7-17-12(6)13(18-8-2,22(14,15)16)23(19-9-3,20-10-4)21-11-5/h12H,7-11H2,1-6H3,(H2,14,15,16). The summed E-state index contributed by atoms with van der Waals surface area (Å²) >= 11 is 0. The lowest BCUT2D eigenvalue weighted by atomic mass is 10.4. The van der Waals surface area contributed by atoms with E-state index in [1.165, 1.54) is 6.92 Å². The molecule has 0 saturated carbocycles. The van der Waals surface area contributed by atoms with E-state index in [1.54, 1.807) is 34.6 Å². The summed E-state index contributed by atoms with van der Waals surface area (Å²) in [5, 5.41) is 0. The topological polar surface area (TPSA) is 104 Å². The zero-order valence-corrected chi connectivity index (χ0v) is 16.8. The number of ether oxygens (including phenoxy) is 2. The molecule has 0 fully saturated rings. The summed E-state index contributed by atoms with van der Waals surface area (Å²) in [7, 11) is -8.82. The Hall–Kier alpha value is 0.167. The van der Waals surface area contributed by atoms with Gasteiger partial charge in [0, 0.05) is 33.0 Å². The van der Waals surface area contributed by atoms with Crippen molar-refractivity contribution < 1.29 is 37.1 Å². The van der Waals surface area contributed by atoms with Crippen LogP contribution in [0.25, 0.3) is 0 Å². The summed E-state index contributed by atoms with van der Waals surface area (Å²) in [6, 6.07) is 0. The van der Waals surface area contributed by atoms with Crippen molar-refractivity contribution in [2.75, 3.05) is 33.0 Å². The third-order valence-corrected chi connectivity index (χ3v) is 9.69. The average molecular weight is 374 g/mol. The Balaban J connectivity index is 6.42. The third-order valence-electron chi connectivity index (χ3n) is 3.21. The molecule has 0 aromatic carbocycles. The lowest BCUT2D eigenvalue weighted by Gasteiger charge is -2.46. The normalized spacial score (nSPS) is 17.0. The first-order valence-electron chi connectivity index (χ1n) is 7.95.